The van der Waals surface area contributed by atoms with Gasteiger partial charge in [-0.2, -0.15) is 0 Å². The molecule has 1 atom stereocenters. The van der Waals surface area contributed by atoms with E-state index in [2.05, 4.69) is 5.32 Å². The number of hydrogen-bond acceptors (Lipinski definition) is 4. The monoisotopic (exact) mass is 452 g/mol. The topological polar surface area (TPSA) is 75.7 Å². The van der Waals surface area contributed by atoms with Gasteiger partial charge in [0.2, 0.25) is 5.91 Å². The van der Waals surface area contributed by atoms with Crippen LogP contribution < -0.4 is 14.4 Å². The molecule has 1 N–H and O–H groups in total. The van der Waals surface area contributed by atoms with Crippen molar-refractivity contribution < 1.29 is 17.9 Å². The van der Waals surface area contributed by atoms with Gasteiger partial charge in [0.1, 0.15) is 12.3 Å². The van der Waals surface area contributed by atoms with Gasteiger partial charge >= 0.3 is 0 Å². The largest absolute Gasteiger partial charge is 0.497 e. The van der Waals surface area contributed by atoms with Crippen LogP contribution in [0.3, 0.4) is 0 Å². The van der Waals surface area contributed by atoms with Crippen LogP contribution in [0.5, 0.6) is 5.75 Å². The lowest BCUT2D eigenvalue weighted by Crippen LogP contribution is -2.42. The number of rotatable bonds is 9. The van der Waals surface area contributed by atoms with E-state index in [4.69, 9.17) is 4.74 Å². The third kappa shape index (κ3) is 5.29. The average molecular weight is 453 g/mol. The molecule has 0 aliphatic heterocycles. The zero-order valence-corrected chi connectivity index (χ0v) is 19.3. The minimum absolute atomic E-state index is 0.137. The van der Waals surface area contributed by atoms with Gasteiger partial charge < -0.3 is 10.1 Å². The molecule has 7 heteroatoms. The summed E-state index contributed by atoms with van der Waals surface area (Å²) in [6.07, 6.45) is 0.661. The van der Waals surface area contributed by atoms with Gasteiger partial charge in [-0.3, -0.25) is 9.10 Å². The Morgan fingerprint density at radius 2 is 1.59 bits per heavy atom. The molecule has 0 unspecified atom stereocenters. The lowest BCUT2D eigenvalue weighted by Gasteiger charge is -2.27. The number of para-hydroxylation sites is 1. The minimum Gasteiger partial charge on any atom is -0.497 e. The van der Waals surface area contributed by atoms with Crippen molar-refractivity contribution in [2.75, 3.05) is 18.0 Å². The molecule has 0 radical (unpaired) electrons. The van der Waals surface area contributed by atoms with Gasteiger partial charge in [0, 0.05) is 0 Å². The predicted octanol–water partition coefficient (Wildman–Crippen LogP) is 4.47. The first-order chi connectivity index (χ1) is 15.4. The Balaban J connectivity index is 1.89. The Labute approximate surface area is 189 Å². The maximum atomic E-state index is 13.4. The van der Waals surface area contributed by atoms with Crippen LogP contribution >= 0.6 is 0 Å². The molecule has 3 rings (SSSR count). The van der Waals surface area contributed by atoms with Gasteiger partial charge in [0.15, 0.2) is 0 Å². The summed E-state index contributed by atoms with van der Waals surface area (Å²) in [5, 5.41) is 2.98. The van der Waals surface area contributed by atoms with Gasteiger partial charge in [-0.25, -0.2) is 8.42 Å². The van der Waals surface area contributed by atoms with E-state index in [-0.39, 0.29) is 23.4 Å². The molecular weight excluding hydrogens is 424 g/mol. The number of carbonyl (C=O) groups excluding carboxylic acids is 1. The first-order valence-electron chi connectivity index (χ1n) is 10.4. The molecule has 32 heavy (non-hydrogen) atoms. The molecule has 168 valence electrons. The number of methoxy groups -OCH3 is 1. The molecule has 3 aromatic rings. The molecule has 6 nitrogen and oxygen atoms in total. The fourth-order valence-electron chi connectivity index (χ4n) is 3.49. The van der Waals surface area contributed by atoms with Crippen molar-refractivity contribution in [3.8, 4) is 5.75 Å². The van der Waals surface area contributed by atoms with E-state index in [9.17, 15) is 13.2 Å². The Bertz CT molecular complexity index is 1150. The maximum Gasteiger partial charge on any atom is 0.264 e. The van der Waals surface area contributed by atoms with Crippen LogP contribution in [0, 0.1) is 6.92 Å². The van der Waals surface area contributed by atoms with Gasteiger partial charge in [0.05, 0.1) is 23.7 Å². The minimum atomic E-state index is -3.93. The Morgan fingerprint density at radius 1 is 0.969 bits per heavy atom. The van der Waals surface area contributed by atoms with Crippen molar-refractivity contribution >= 4 is 21.6 Å². The first kappa shape index (κ1) is 23.3. The number of sulfonamides is 1. The second-order valence-corrected chi connectivity index (χ2v) is 9.28. The van der Waals surface area contributed by atoms with Crippen LogP contribution in [0.2, 0.25) is 0 Å². The molecule has 0 aliphatic rings. The van der Waals surface area contributed by atoms with Crippen LogP contribution in [-0.2, 0) is 14.8 Å². The van der Waals surface area contributed by atoms with Crippen molar-refractivity contribution in [1.82, 2.24) is 5.32 Å². The Kier molecular flexibility index (Phi) is 7.53. The normalized spacial score (nSPS) is 12.1. The number of nitrogens with zero attached hydrogens (tertiary/aromatic N) is 1. The highest BCUT2D eigenvalue weighted by Gasteiger charge is 2.28. The van der Waals surface area contributed by atoms with Gasteiger partial charge in [-0.1, -0.05) is 55.5 Å². The number of ether oxygens (including phenoxy) is 1. The first-order valence-corrected chi connectivity index (χ1v) is 11.9. The highest BCUT2D eigenvalue weighted by atomic mass is 32.2. The summed E-state index contributed by atoms with van der Waals surface area (Å²) in [5.74, 6) is 0.352. The number of benzene rings is 3. The quantitative estimate of drug-likeness (QED) is 0.520. The molecule has 3 aromatic carbocycles. The summed E-state index contributed by atoms with van der Waals surface area (Å²) >= 11 is 0. The summed E-state index contributed by atoms with van der Waals surface area (Å²) in [4.78, 5) is 13.2. The summed E-state index contributed by atoms with van der Waals surface area (Å²) in [6, 6.07) is 22.5. The third-order valence-electron chi connectivity index (χ3n) is 5.26. The number of nitrogens with one attached hydrogen (secondary N) is 1. The SMILES string of the molecule is CC[C@H](NC(=O)CN(c1ccccc1C)S(=O)(=O)c1ccccc1)c1ccc(OC)cc1. The fraction of sp³-hybridized carbons (Fsp3) is 0.240. The lowest BCUT2D eigenvalue weighted by molar-refractivity contribution is -0.120. The van der Waals surface area contributed by atoms with E-state index < -0.39 is 10.0 Å². The van der Waals surface area contributed by atoms with Crippen molar-refractivity contribution in [2.24, 2.45) is 0 Å². The summed E-state index contributed by atoms with van der Waals surface area (Å²) in [5.41, 5.74) is 2.17. The smallest absolute Gasteiger partial charge is 0.264 e. The van der Waals surface area contributed by atoms with Crippen molar-refractivity contribution in [1.29, 1.82) is 0 Å². The average Bonchev–Trinajstić information content (AvgIpc) is 2.82. The standard InChI is InChI=1S/C25H28N2O4S/c1-4-23(20-14-16-21(31-3)17-15-20)26-25(28)18-27(24-13-9-8-10-19(24)2)32(29,30)22-11-6-5-7-12-22/h5-17,23H,4,18H2,1-3H3,(H,26,28)/t23-/m0/s1. The molecule has 1 amide bonds. The lowest BCUT2D eigenvalue weighted by atomic mass is 10.0. The van der Waals surface area contributed by atoms with Crippen LogP contribution in [0.25, 0.3) is 0 Å². The van der Waals surface area contributed by atoms with E-state index in [1.807, 2.05) is 50.2 Å². The summed E-state index contributed by atoms with van der Waals surface area (Å²) < 4.78 is 33.3. The van der Waals surface area contributed by atoms with Gasteiger partial charge in [-0.05, 0) is 54.8 Å². The van der Waals surface area contributed by atoms with Gasteiger partial charge in [-0.15, -0.1) is 0 Å². The summed E-state index contributed by atoms with van der Waals surface area (Å²) in [7, 11) is -2.33. The molecule has 0 bridgehead atoms. The van der Waals surface area contributed by atoms with Crippen LogP contribution in [0.4, 0.5) is 5.69 Å². The maximum absolute atomic E-state index is 13.4. The van der Waals surface area contributed by atoms with E-state index in [0.717, 1.165) is 16.9 Å². The summed E-state index contributed by atoms with van der Waals surface area (Å²) in [6.45, 7) is 3.47. The van der Waals surface area contributed by atoms with Gasteiger partial charge in [0.25, 0.3) is 10.0 Å². The number of aryl methyl sites for hydroxylation is 1. The molecule has 0 fully saturated rings. The second kappa shape index (κ2) is 10.3. The van der Waals surface area contributed by atoms with E-state index in [1.165, 1.54) is 16.4 Å². The van der Waals surface area contributed by atoms with Crippen molar-refractivity contribution in [2.45, 2.75) is 31.2 Å². The van der Waals surface area contributed by atoms with Crippen LogP contribution in [0.15, 0.2) is 83.8 Å². The number of hydrogen-bond donors (Lipinski definition) is 1. The highest BCUT2D eigenvalue weighted by Crippen LogP contribution is 2.27. The highest BCUT2D eigenvalue weighted by molar-refractivity contribution is 7.92. The van der Waals surface area contributed by atoms with E-state index in [1.54, 1.807) is 37.4 Å². The number of carbonyl (C=O) groups is 1. The molecule has 0 aliphatic carbocycles. The predicted molar refractivity (Wildman–Crippen MR) is 126 cm³/mol. The Hall–Kier alpha value is -3.32. The molecule has 0 heterocycles. The van der Waals surface area contributed by atoms with Crippen molar-refractivity contribution in [3.05, 3.63) is 90.0 Å². The number of amides is 1. The Morgan fingerprint density at radius 3 is 2.19 bits per heavy atom. The zero-order valence-electron chi connectivity index (χ0n) is 18.5. The van der Waals surface area contributed by atoms with Crippen LogP contribution in [-0.4, -0.2) is 28.0 Å². The molecule has 0 spiro atoms. The second-order valence-electron chi connectivity index (χ2n) is 7.41. The molecule has 0 aromatic heterocycles. The fourth-order valence-corrected chi connectivity index (χ4v) is 5.00. The third-order valence-corrected chi connectivity index (χ3v) is 7.04. The van der Waals surface area contributed by atoms with Crippen molar-refractivity contribution in [3.63, 3.8) is 0 Å². The zero-order chi connectivity index (χ0) is 23.1. The molecule has 0 saturated carbocycles. The van der Waals surface area contributed by atoms with E-state index in [0.29, 0.717) is 12.1 Å². The molecular formula is C25H28N2O4S. The van der Waals surface area contributed by atoms with Crippen LogP contribution in [0.1, 0.15) is 30.5 Å². The molecule has 0 saturated heterocycles. The number of anilines is 1. The van der Waals surface area contributed by atoms with E-state index >= 15 is 0 Å².